The quantitative estimate of drug-likeness (QED) is 0.497. The number of nitrogens with one attached hydrogen (secondary N) is 2. The highest BCUT2D eigenvalue weighted by Crippen LogP contribution is 2.34. The number of aromatic nitrogens is 2. The lowest BCUT2D eigenvalue weighted by Gasteiger charge is -2.26. The molecule has 2 N–H and O–H groups in total. The molecule has 0 spiro atoms. The Labute approximate surface area is 176 Å². The second kappa shape index (κ2) is 10.9. The molecule has 0 aliphatic carbocycles. The molecule has 1 fully saturated rings. The van der Waals surface area contributed by atoms with E-state index in [-0.39, 0.29) is 0 Å². The molecule has 1 aromatic heterocycles. The number of morpholine rings is 1. The van der Waals surface area contributed by atoms with Crippen molar-refractivity contribution in [3.05, 3.63) is 30.7 Å². The lowest BCUT2D eigenvalue weighted by atomic mass is 10.2. The molecule has 1 aliphatic heterocycles. The van der Waals surface area contributed by atoms with E-state index in [1.54, 1.807) is 13.3 Å². The third-order valence-corrected chi connectivity index (χ3v) is 4.73. The summed E-state index contributed by atoms with van der Waals surface area (Å²) in [5.41, 5.74) is 0.750. The molecule has 8 nitrogen and oxygen atoms in total. The number of thiocarbonyl (C=S) groups is 1. The summed E-state index contributed by atoms with van der Waals surface area (Å²) < 4.78 is 16.9. The van der Waals surface area contributed by atoms with Crippen LogP contribution in [0.4, 0.5) is 5.82 Å². The minimum absolute atomic E-state index is 0.450. The first-order valence-electron chi connectivity index (χ1n) is 9.65. The van der Waals surface area contributed by atoms with Crippen molar-refractivity contribution in [3.8, 4) is 11.5 Å². The Hall–Kier alpha value is -2.49. The van der Waals surface area contributed by atoms with Gasteiger partial charge in [-0.2, -0.15) is 0 Å². The van der Waals surface area contributed by atoms with Crippen LogP contribution in [0.2, 0.25) is 0 Å². The van der Waals surface area contributed by atoms with Crippen molar-refractivity contribution in [3.63, 3.8) is 0 Å². The summed E-state index contributed by atoms with van der Waals surface area (Å²) in [4.78, 5) is 11.1. The fraction of sp³-hybridized carbons (Fsp3) is 0.450. The molecule has 1 saturated heterocycles. The SMILES string of the molecule is C/C=C/NC(=S)Nc1ncnc2cc(OCCCN3CCOCC3)c(OC)cc12. The van der Waals surface area contributed by atoms with Gasteiger partial charge in [0.2, 0.25) is 0 Å². The highest BCUT2D eigenvalue weighted by atomic mass is 32.1. The van der Waals surface area contributed by atoms with Gasteiger partial charge in [-0.15, -0.1) is 0 Å². The van der Waals surface area contributed by atoms with E-state index in [0.29, 0.717) is 29.0 Å². The number of allylic oxidation sites excluding steroid dienone is 1. The standard InChI is InChI=1S/C20H27N5O3S/c1-3-5-21-20(29)24-19-15-12-17(26-2)18(13-16(15)22-14-23-19)28-9-4-6-25-7-10-27-11-8-25/h3,5,12-14H,4,6-11H2,1-2H3,(H2,21,22,23,24,29)/b5-3+. The molecule has 2 heterocycles. The van der Waals surface area contributed by atoms with Crippen LogP contribution in [-0.2, 0) is 4.74 Å². The molecule has 0 radical (unpaired) electrons. The summed E-state index contributed by atoms with van der Waals surface area (Å²) in [7, 11) is 1.62. The van der Waals surface area contributed by atoms with Crippen LogP contribution in [-0.4, -0.2) is 66.5 Å². The highest BCUT2D eigenvalue weighted by molar-refractivity contribution is 7.80. The van der Waals surface area contributed by atoms with Gasteiger partial charge in [0.25, 0.3) is 0 Å². The van der Waals surface area contributed by atoms with Crippen molar-refractivity contribution in [1.29, 1.82) is 0 Å². The number of benzene rings is 1. The smallest absolute Gasteiger partial charge is 0.175 e. The summed E-state index contributed by atoms with van der Waals surface area (Å²) in [6.45, 7) is 7.09. The van der Waals surface area contributed by atoms with Gasteiger partial charge in [0.05, 0.1) is 32.4 Å². The molecule has 2 aromatic rings. The Kier molecular flexibility index (Phi) is 7.97. The summed E-state index contributed by atoms with van der Waals surface area (Å²) in [5.74, 6) is 1.91. The van der Waals surface area contributed by atoms with Crippen molar-refractivity contribution in [2.75, 3.05) is 51.9 Å². The van der Waals surface area contributed by atoms with Crippen LogP contribution in [0.3, 0.4) is 0 Å². The predicted molar refractivity (Wildman–Crippen MR) is 118 cm³/mol. The van der Waals surface area contributed by atoms with Crippen molar-refractivity contribution >= 4 is 34.1 Å². The first-order chi connectivity index (χ1) is 14.2. The molecule has 1 aliphatic rings. The lowest BCUT2D eigenvalue weighted by molar-refractivity contribution is 0.0357. The van der Waals surface area contributed by atoms with Crippen LogP contribution in [0, 0.1) is 0 Å². The number of hydrogen-bond donors (Lipinski definition) is 2. The van der Waals surface area contributed by atoms with Gasteiger partial charge in [-0.1, -0.05) is 6.08 Å². The van der Waals surface area contributed by atoms with Gasteiger partial charge in [-0.25, -0.2) is 9.97 Å². The van der Waals surface area contributed by atoms with Gasteiger partial charge < -0.3 is 24.8 Å². The van der Waals surface area contributed by atoms with Crippen LogP contribution in [0.1, 0.15) is 13.3 Å². The third-order valence-electron chi connectivity index (χ3n) is 4.51. The molecule has 0 atom stereocenters. The highest BCUT2D eigenvalue weighted by Gasteiger charge is 2.13. The van der Waals surface area contributed by atoms with E-state index in [9.17, 15) is 0 Å². The number of nitrogens with zero attached hydrogens (tertiary/aromatic N) is 3. The van der Waals surface area contributed by atoms with Crippen LogP contribution in [0.15, 0.2) is 30.7 Å². The zero-order chi connectivity index (χ0) is 20.5. The second-order valence-corrected chi connectivity index (χ2v) is 6.91. The molecule has 1 aromatic carbocycles. The Morgan fingerprint density at radius 3 is 2.86 bits per heavy atom. The van der Waals surface area contributed by atoms with Crippen LogP contribution >= 0.6 is 12.2 Å². The number of fused-ring (bicyclic) bond motifs is 1. The zero-order valence-corrected chi connectivity index (χ0v) is 17.6. The van der Waals surface area contributed by atoms with E-state index in [2.05, 4.69) is 25.5 Å². The molecule has 0 bridgehead atoms. The summed E-state index contributed by atoms with van der Waals surface area (Å²) >= 11 is 5.27. The van der Waals surface area contributed by atoms with Crippen molar-refractivity contribution in [2.45, 2.75) is 13.3 Å². The largest absolute Gasteiger partial charge is 0.493 e. The average molecular weight is 418 g/mol. The van der Waals surface area contributed by atoms with Crippen molar-refractivity contribution in [1.82, 2.24) is 20.2 Å². The number of rotatable bonds is 8. The molecule has 3 rings (SSSR count). The summed E-state index contributed by atoms with van der Waals surface area (Å²) in [6.07, 6.45) is 6.04. The minimum Gasteiger partial charge on any atom is -0.493 e. The Balaban J connectivity index is 1.67. The lowest BCUT2D eigenvalue weighted by Crippen LogP contribution is -2.37. The third kappa shape index (κ3) is 5.99. The van der Waals surface area contributed by atoms with E-state index in [0.717, 1.165) is 50.2 Å². The van der Waals surface area contributed by atoms with Gasteiger partial charge in [-0.3, -0.25) is 4.90 Å². The van der Waals surface area contributed by atoms with Gasteiger partial charge in [0, 0.05) is 31.1 Å². The monoisotopic (exact) mass is 417 g/mol. The first-order valence-corrected chi connectivity index (χ1v) is 10.1. The Bertz CT molecular complexity index is 855. The van der Waals surface area contributed by atoms with E-state index in [4.69, 9.17) is 26.4 Å². The topological polar surface area (TPSA) is 80.8 Å². The molecular weight excluding hydrogens is 390 g/mol. The number of ether oxygens (including phenoxy) is 3. The molecule has 0 amide bonds. The van der Waals surface area contributed by atoms with E-state index >= 15 is 0 Å². The zero-order valence-electron chi connectivity index (χ0n) is 16.8. The maximum atomic E-state index is 5.99. The van der Waals surface area contributed by atoms with Crippen LogP contribution in [0.5, 0.6) is 11.5 Å². The number of methoxy groups -OCH3 is 1. The fourth-order valence-corrected chi connectivity index (χ4v) is 3.20. The van der Waals surface area contributed by atoms with Gasteiger partial charge in [0.15, 0.2) is 16.6 Å². The first kappa shape index (κ1) is 21.2. The average Bonchev–Trinajstić information content (AvgIpc) is 2.75. The fourth-order valence-electron chi connectivity index (χ4n) is 3.03. The normalized spacial score (nSPS) is 14.8. The van der Waals surface area contributed by atoms with E-state index in [1.807, 2.05) is 25.1 Å². The number of anilines is 1. The maximum Gasteiger partial charge on any atom is 0.175 e. The molecular formula is C20H27N5O3S. The van der Waals surface area contributed by atoms with Crippen molar-refractivity contribution in [2.24, 2.45) is 0 Å². The Morgan fingerprint density at radius 1 is 1.28 bits per heavy atom. The maximum absolute atomic E-state index is 5.99. The Morgan fingerprint density at radius 2 is 2.10 bits per heavy atom. The van der Waals surface area contributed by atoms with Crippen LogP contribution < -0.4 is 20.1 Å². The van der Waals surface area contributed by atoms with E-state index in [1.165, 1.54) is 6.33 Å². The van der Waals surface area contributed by atoms with Gasteiger partial charge in [-0.05, 0) is 37.8 Å². The summed E-state index contributed by atoms with van der Waals surface area (Å²) in [5, 5.41) is 7.29. The van der Waals surface area contributed by atoms with Gasteiger partial charge in [0.1, 0.15) is 12.1 Å². The molecule has 29 heavy (non-hydrogen) atoms. The van der Waals surface area contributed by atoms with E-state index < -0.39 is 0 Å². The van der Waals surface area contributed by atoms with Gasteiger partial charge >= 0.3 is 0 Å². The second-order valence-electron chi connectivity index (χ2n) is 6.50. The van der Waals surface area contributed by atoms with Crippen LogP contribution in [0.25, 0.3) is 10.9 Å². The summed E-state index contributed by atoms with van der Waals surface area (Å²) in [6, 6.07) is 3.74. The number of hydrogen-bond acceptors (Lipinski definition) is 7. The van der Waals surface area contributed by atoms with Crippen molar-refractivity contribution < 1.29 is 14.2 Å². The minimum atomic E-state index is 0.450. The molecule has 0 unspecified atom stereocenters. The molecule has 156 valence electrons. The predicted octanol–water partition coefficient (Wildman–Crippen LogP) is 2.56. The molecule has 9 heteroatoms. The molecule has 0 saturated carbocycles.